The molecular weight excluding hydrogens is 252 g/mol. The molecule has 1 N–H and O–H groups in total. The summed E-state index contributed by atoms with van der Waals surface area (Å²) in [4.78, 5) is 7.39. The number of alkyl halides is 1. The van der Waals surface area contributed by atoms with E-state index in [9.17, 15) is 0 Å². The van der Waals surface area contributed by atoms with Crippen LogP contribution >= 0.6 is 11.6 Å². The van der Waals surface area contributed by atoms with Crippen molar-refractivity contribution >= 4 is 11.6 Å². The lowest BCUT2D eigenvalue weighted by molar-refractivity contribution is 0.171. The number of fused-ring (bicyclic) bond motifs is 1. The Morgan fingerprint density at radius 1 is 1.28 bits per heavy atom. The Morgan fingerprint density at radius 2 is 2.00 bits per heavy atom. The monoisotopic (exact) mass is 264 g/mol. The zero-order valence-electron chi connectivity index (χ0n) is 10.00. The summed E-state index contributed by atoms with van der Waals surface area (Å²) >= 11 is 5.74. The van der Waals surface area contributed by atoms with Gasteiger partial charge in [-0.05, 0) is 24.6 Å². The van der Waals surface area contributed by atoms with Crippen molar-refractivity contribution in [1.29, 1.82) is 0 Å². The summed E-state index contributed by atoms with van der Waals surface area (Å²) in [7, 11) is 0. The van der Waals surface area contributed by atoms with Crippen molar-refractivity contribution in [2.75, 3.05) is 13.2 Å². The van der Waals surface area contributed by atoms with Gasteiger partial charge in [0.25, 0.3) is 0 Å². The molecule has 0 spiro atoms. The predicted molar refractivity (Wildman–Crippen MR) is 69.3 cm³/mol. The molecule has 1 aromatic carbocycles. The van der Waals surface area contributed by atoms with Gasteiger partial charge >= 0.3 is 0 Å². The fraction of sp³-hybridized carbons (Fsp3) is 0.308. The van der Waals surface area contributed by atoms with Crippen LogP contribution in [0.1, 0.15) is 11.4 Å². The van der Waals surface area contributed by atoms with Crippen molar-refractivity contribution in [3.8, 4) is 22.8 Å². The number of nitrogens with zero attached hydrogens (tertiary/aromatic N) is 1. The highest BCUT2D eigenvalue weighted by Crippen LogP contribution is 2.36. The number of hydrogen-bond donors (Lipinski definition) is 1. The van der Waals surface area contributed by atoms with Crippen molar-refractivity contribution in [2.45, 2.75) is 12.8 Å². The van der Waals surface area contributed by atoms with Crippen LogP contribution in [0.25, 0.3) is 11.3 Å². The molecule has 0 unspecified atom stereocenters. The van der Waals surface area contributed by atoms with Gasteiger partial charge in [0.05, 0.1) is 17.8 Å². The molecule has 5 heteroatoms. The minimum absolute atomic E-state index is 0.379. The van der Waals surface area contributed by atoms with Gasteiger partial charge in [0.1, 0.15) is 19.0 Å². The van der Waals surface area contributed by atoms with E-state index in [-0.39, 0.29) is 0 Å². The van der Waals surface area contributed by atoms with Crippen LogP contribution in [0.4, 0.5) is 0 Å². The number of aromatic nitrogens is 2. The highest BCUT2D eigenvalue weighted by molar-refractivity contribution is 6.16. The summed E-state index contributed by atoms with van der Waals surface area (Å²) in [5, 5.41) is 0. The number of aromatic amines is 1. The van der Waals surface area contributed by atoms with Crippen LogP contribution < -0.4 is 9.47 Å². The number of H-pyrrole nitrogens is 1. The van der Waals surface area contributed by atoms with Crippen LogP contribution in [0.3, 0.4) is 0 Å². The van der Waals surface area contributed by atoms with E-state index in [0.29, 0.717) is 19.1 Å². The van der Waals surface area contributed by atoms with Gasteiger partial charge < -0.3 is 14.5 Å². The summed E-state index contributed by atoms with van der Waals surface area (Å²) in [5.74, 6) is 2.73. The van der Waals surface area contributed by atoms with Crippen molar-refractivity contribution in [1.82, 2.24) is 9.97 Å². The first kappa shape index (κ1) is 11.4. The van der Waals surface area contributed by atoms with Crippen molar-refractivity contribution in [3.63, 3.8) is 0 Å². The van der Waals surface area contributed by atoms with Gasteiger partial charge in [-0.1, -0.05) is 0 Å². The van der Waals surface area contributed by atoms with E-state index >= 15 is 0 Å². The van der Waals surface area contributed by atoms with Crippen molar-refractivity contribution in [3.05, 3.63) is 29.7 Å². The molecule has 0 atom stereocenters. The van der Waals surface area contributed by atoms with Crippen molar-refractivity contribution < 1.29 is 9.47 Å². The minimum atomic E-state index is 0.379. The fourth-order valence-corrected chi connectivity index (χ4v) is 2.18. The number of nitrogens with one attached hydrogen (secondary N) is 1. The number of imidazole rings is 1. The molecule has 0 saturated heterocycles. The number of halogens is 1. The molecule has 1 aliphatic rings. The minimum Gasteiger partial charge on any atom is -0.486 e. The molecule has 0 radical (unpaired) electrons. The second kappa shape index (κ2) is 4.53. The van der Waals surface area contributed by atoms with Gasteiger partial charge in [-0.3, -0.25) is 0 Å². The van der Waals surface area contributed by atoms with E-state index < -0.39 is 0 Å². The van der Waals surface area contributed by atoms with E-state index in [4.69, 9.17) is 21.1 Å². The van der Waals surface area contributed by atoms with E-state index in [0.717, 1.165) is 34.1 Å². The molecule has 18 heavy (non-hydrogen) atoms. The number of rotatable bonds is 2. The third-order valence-corrected chi connectivity index (χ3v) is 3.19. The molecule has 1 aliphatic heterocycles. The number of ether oxygens (including phenoxy) is 2. The Bertz CT molecular complexity index is 580. The Labute approximate surface area is 110 Å². The summed E-state index contributed by atoms with van der Waals surface area (Å²) in [5.41, 5.74) is 3.12. The zero-order valence-corrected chi connectivity index (χ0v) is 10.8. The molecule has 0 bridgehead atoms. The number of benzene rings is 1. The molecular formula is C13H13ClN2O2. The largest absolute Gasteiger partial charge is 0.486 e. The second-order valence-corrected chi connectivity index (χ2v) is 4.46. The quantitative estimate of drug-likeness (QED) is 0.849. The van der Waals surface area contributed by atoms with Crippen LogP contribution in [0.2, 0.25) is 0 Å². The Hall–Kier alpha value is -1.68. The van der Waals surface area contributed by atoms with Gasteiger partial charge in [0, 0.05) is 5.56 Å². The van der Waals surface area contributed by atoms with E-state index in [1.807, 2.05) is 19.1 Å². The van der Waals surface area contributed by atoms with Gasteiger partial charge in [-0.25, -0.2) is 4.98 Å². The summed E-state index contributed by atoms with van der Waals surface area (Å²) in [6.45, 7) is 3.23. The molecule has 2 aromatic rings. The highest BCUT2D eigenvalue weighted by Gasteiger charge is 2.15. The molecule has 0 saturated carbocycles. The Kier molecular flexibility index (Phi) is 2.88. The summed E-state index contributed by atoms with van der Waals surface area (Å²) in [6.07, 6.45) is 1.79. The van der Waals surface area contributed by atoms with E-state index in [1.165, 1.54) is 0 Å². The van der Waals surface area contributed by atoms with E-state index in [2.05, 4.69) is 9.97 Å². The third kappa shape index (κ3) is 1.93. The maximum Gasteiger partial charge on any atom is 0.162 e. The summed E-state index contributed by atoms with van der Waals surface area (Å²) in [6, 6.07) is 3.97. The zero-order chi connectivity index (χ0) is 12.5. The molecule has 0 aliphatic carbocycles. The van der Waals surface area contributed by atoms with Crippen LogP contribution in [0.15, 0.2) is 18.3 Å². The smallest absolute Gasteiger partial charge is 0.162 e. The number of aryl methyl sites for hydroxylation is 1. The third-order valence-electron chi connectivity index (χ3n) is 2.93. The molecule has 4 nitrogen and oxygen atoms in total. The van der Waals surface area contributed by atoms with Crippen LogP contribution in [0, 0.1) is 6.92 Å². The lowest BCUT2D eigenvalue weighted by Gasteiger charge is -2.20. The standard InChI is InChI=1S/C13H13ClN2O2/c1-8-4-11-12(18-3-2-17-11)5-9(8)10-7-15-13(6-14)16-10/h4-5,7H,2-3,6H2,1H3,(H,15,16). The Balaban J connectivity index is 2.06. The first-order chi connectivity index (χ1) is 8.78. The van der Waals surface area contributed by atoms with Crippen LogP contribution in [-0.4, -0.2) is 23.2 Å². The van der Waals surface area contributed by atoms with Gasteiger partial charge in [0.15, 0.2) is 11.5 Å². The maximum absolute atomic E-state index is 5.74. The lowest BCUT2D eigenvalue weighted by atomic mass is 10.1. The molecule has 2 heterocycles. The molecule has 3 rings (SSSR count). The first-order valence-corrected chi connectivity index (χ1v) is 6.32. The number of hydrogen-bond acceptors (Lipinski definition) is 3. The molecule has 0 fully saturated rings. The lowest BCUT2D eigenvalue weighted by Crippen LogP contribution is -2.15. The topological polar surface area (TPSA) is 47.1 Å². The van der Waals surface area contributed by atoms with E-state index in [1.54, 1.807) is 6.20 Å². The molecule has 1 aromatic heterocycles. The second-order valence-electron chi connectivity index (χ2n) is 4.19. The van der Waals surface area contributed by atoms with Crippen LogP contribution in [0.5, 0.6) is 11.5 Å². The van der Waals surface area contributed by atoms with Gasteiger partial charge in [0.2, 0.25) is 0 Å². The Morgan fingerprint density at radius 3 is 2.67 bits per heavy atom. The van der Waals surface area contributed by atoms with Gasteiger partial charge in [-0.15, -0.1) is 11.6 Å². The SMILES string of the molecule is Cc1cc2c(cc1-c1cnc(CCl)[nH]1)OCCO2. The normalized spacial score (nSPS) is 13.7. The summed E-state index contributed by atoms with van der Waals surface area (Å²) < 4.78 is 11.1. The van der Waals surface area contributed by atoms with Crippen LogP contribution in [-0.2, 0) is 5.88 Å². The van der Waals surface area contributed by atoms with Crippen molar-refractivity contribution in [2.24, 2.45) is 0 Å². The first-order valence-electron chi connectivity index (χ1n) is 5.78. The maximum atomic E-state index is 5.74. The average Bonchev–Trinajstić information content (AvgIpc) is 2.86. The molecule has 0 amide bonds. The molecule has 94 valence electrons. The fourth-order valence-electron chi connectivity index (χ4n) is 2.05. The highest BCUT2D eigenvalue weighted by atomic mass is 35.5. The van der Waals surface area contributed by atoms with Gasteiger partial charge in [-0.2, -0.15) is 0 Å². The predicted octanol–water partition coefficient (Wildman–Crippen LogP) is 2.90. The average molecular weight is 265 g/mol.